The van der Waals surface area contributed by atoms with Crippen molar-refractivity contribution in [2.75, 3.05) is 17.3 Å². The van der Waals surface area contributed by atoms with E-state index in [4.69, 9.17) is 11.6 Å². The topological polar surface area (TPSA) is 33.2 Å². The van der Waals surface area contributed by atoms with Crippen LogP contribution in [-0.4, -0.2) is 23.3 Å². The summed E-state index contributed by atoms with van der Waals surface area (Å²) in [7, 11) is 0. The zero-order valence-electron chi connectivity index (χ0n) is 8.61. The Morgan fingerprint density at radius 3 is 3.07 bits per heavy atom. The zero-order valence-corrected chi connectivity index (χ0v) is 9.37. The molecule has 4 heteroatoms. The minimum absolute atomic E-state index is 0.159. The Morgan fingerprint density at radius 1 is 1.67 bits per heavy atom. The minimum Gasteiger partial charge on any atom is -0.312 e. The van der Waals surface area contributed by atoms with Crippen molar-refractivity contribution in [1.82, 2.24) is 4.98 Å². The van der Waals surface area contributed by atoms with Crippen molar-refractivity contribution in [3.8, 4) is 0 Å². The van der Waals surface area contributed by atoms with Crippen LogP contribution in [0, 0.1) is 12.8 Å². The average Bonchev–Trinajstić information content (AvgIpc) is 2.60. The molecular weight excluding hydrogens is 212 g/mol. The van der Waals surface area contributed by atoms with Gasteiger partial charge in [-0.2, -0.15) is 0 Å². The van der Waals surface area contributed by atoms with Crippen molar-refractivity contribution in [3.05, 3.63) is 24.0 Å². The van der Waals surface area contributed by atoms with Crippen molar-refractivity contribution in [1.29, 1.82) is 0 Å². The number of rotatable bonds is 2. The summed E-state index contributed by atoms with van der Waals surface area (Å²) < 4.78 is 0. The molecule has 1 aromatic rings. The molecule has 1 fully saturated rings. The van der Waals surface area contributed by atoms with Gasteiger partial charge in [0, 0.05) is 36.4 Å². The smallest absolute Gasteiger partial charge is 0.227 e. The predicted octanol–water partition coefficient (Wildman–Crippen LogP) is 1.98. The molecule has 2 rings (SSSR count). The van der Waals surface area contributed by atoms with E-state index in [1.807, 2.05) is 19.1 Å². The number of pyridine rings is 1. The van der Waals surface area contributed by atoms with Gasteiger partial charge >= 0.3 is 0 Å². The van der Waals surface area contributed by atoms with Crippen LogP contribution in [0.3, 0.4) is 0 Å². The number of aromatic nitrogens is 1. The summed E-state index contributed by atoms with van der Waals surface area (Å²) >= 11 is 5.77. The molecule has 0 aliphatic carbocycles. The first-order valence-electron chi connectivity index (χ1n) is 4.99. The second kappa shape index (κ2) is 4.19. The van der Waals surface area contributed by atoms with Crippen LogP contribution in [0.25, 0.3) is 0 Å². The summed E-state index contributed by atoms with van der Waals surface area (Å²) in [5.74, 6) is 0.991. The van der Waals surface area contributed by atoms with E-state index >= 15 is 0 Å². The predicted molar refractivity (Wildman–Crippen MR) is 60.2 cm³/mol. The van der Waals surface area contributed by atoms with E-state index in [1.165, 1.54) is 0 Å². The maximum absolute atomic E-state index is 11.7. The summed E-state index contributed by atoms with van der Waals surface area (Å²) in [4.78, 5) is 17.6. The van der Waals surface area contributed by atoms with Gasteiger partial charge in [0.1, 0.15) is 0 Å². The van der Waals surface area contributed by atoms with Crippen molar-refractivity contribution < 1.29 is 4.79 Å². The van der Waals surface area contributed by atoms with Crippen LogP contribution in [0.2, 0.25) is 0 Å². The van der Waals surface area contributed by atoms with Gasteiger partial charge in [0.2, 0.25) is 5.91 Å². The van der Waals surface area contributed by atoms with E-state index in [1.54, 1.807) is 11.1 Å². The van der Waals surface area contributed by atoms with E-state index < -0.39 is 0 Å². The third-order valence-corrected chi connectivity index (χ3v) is 3.05. The molecule has 3 nitrogen and oxygen atoms in total. The van der Waals surface area contributed by atoms with Crippen LogP contribution in [0.1, 0.15) is 12.1 Å². The first kappa shape index (κ1) is 10.4. The number of nitrogens with zero attached hydrogens (tertiary/aromatic N) is 2. The highest BCUT2D eigenvalue weighted by atomic mass is 35.5. The molecule has 1 aliphatic heterocycles. The van der Waals surface area contributed by atoms with Crippen molar-refractivity contribution in [2.24, 2.45) is 5.92 Å². The van der Waals surface area contributed by atoms with Crippen LogP contribution in [0.4, 0.5) is 5.69 Å². The molecule has 0 N–H and O–H groups in total. The second-order valence-electron chi connectivity index (χ2n) is 3.88. The number of alkyl halides is 1. The van der Waals surface area contributed by atoms with Crippen molar-refractivity contribution in [3.63, 3.8) is 0 Å². The minimum atomic E-state index is 0.159. The molecule has 0 spiro atoms. The fraction of sp³-hybridized carbons (Fsp3) is 0.455. The van der Waals surface area contributed by atoms with Crippen molar-refractivity contribution in [2.45, 2.75) is 13.3 Å². The molecule has 0 radical (unpaired) electrons. The van der Waals surface area contributed by atoms with Crippen LogP contribution in [0.5, 0.6) is 0 Å². The molecule has 1 amide bonds. The van der Waals surface area contributed by atoms with Gasteiger partial charge in [-0.15, -0.1) is 11.6 Å². The maximum atomic E-state index is 11.7. The summed E-state index contributed by atoms with van der Waals surface area (Å²) in [5, 5.41) is 0. The lowest BCUT2D eigenvalue weighted by Crippen LogP contribution is -2.24. The van der Waals surface area contributed by atoms with Gasteiger partial charge in [0.05, 0.1) is 0 Å². The molecule has 0 aromatic carbocycles. The van der Waals surface area contributed by atoms with Crippen LogP contribution in [-0.2, 0) is 4.79 Å². The molecule has 1 aromatic heterocycles. The zero-order chi connectivity index (χ0) is 10.8. The van der Waals surface area contributed by atoms with Gasteiger partial charge < -0.3 is 4.90 Å². The number of amides is 1. The molecule has 0 saturated carbocycles. The van der Waals surface area contributed by atoms with E-state index in [-0.39, 0.29) is 11.8 Å². The van der Waals surface area contributed by atoms with Gasteiger partial charge in [-0.1, -0.05) is 0 Å². The summed E-state index contributed by atoms with van der Waals surface area (Å²) in [6.07, 6.45) is 2.29. The third-order valence-electron chi connectivity index (χ3n) is 2.62. The molecule has 1 unspecified atom stereocenters. The fourth-order valence-electron chi connectivity index (χ4n) is 1.83. The van der Waals surface area contributed by atoms with E-state index in [0.29, 0.717) is 12.3 Å². The quantitative estimate of drug-likeness (QED) is 0.720. The Bertz CT molecular complexity index is 381. The first-order chi connectivity index (χ1) is 7.20. The lowest BCUT2D eigenvalue weighted by atomic mass is 10.1. The number of halogens is 1. The molecule has 1 aliphatic rings. The molecule has 1 atom stereocenters. The Morgan fingerprint density at radius 2 is 2.47 bits per heavy atom. The largest absolute Gasteiger partial charge is 0.312 e. The monoisotopic (exact) mass is 224 g/mol. The Balaban J connectivity index is 2.21. The van der Waals surface area contributed by atoms with Gasteiger partial charge in [-0.05, 0) is 25.0 Å². The summed E-state index contributed by atoms with van der Waals surface area (Å²) in [5.41, 5.74) is 1.86. The lowest BCUT2D eigenvalue weighted by molar-refractivity contribution is -0.117. The highest BCUT2D eigenvalue weighted by Gasteiger charge is 2.29. The van der Waals surface area contributed by atoms with Crippen LogP contribution >= 0.6 is 11.6 Å². The average molecular weight is 225 g/mol. The van der Waals surface area contributed by atoms with Crippen LogP contribution in [0.15, 0.2) is 18.3 Å². The van der Waals surface area contributed by atoms with E-state index in [2.05, 4.69) is 4.98 Å². The Kier molecular flexibility index (Phi) is 2.91. The standard InChI is InChI=1S/C11H13ClN2O/c1-8-4-10(2-3-13-8)14-7-9(6-12)5-11(14)15/h2-4,9H,5-7H2,1H3. The summed E-state index contributed by atoms with van der Waals surface area (Å²) in [6, 6.07) is 3.79. The molecule has 2 heterocycles. The van der Waals surface area contributed by atoms with Gasteiger partial charge in [0.25, 0.3) is 0 Å². The second-order valence-corrected chi connectivity index (χ2v) is 4.19. The normalized spacial score (nSPS) is 21.1. The molecule has 0 bridgehead atoms. The Labute approximate surface area is 94.1 Å². The number of anilines is 1. The lowest BCUT2D eigenvalue weighted by Gasteiger charge is -2.16. The number of carbonyl (C=O) groups excluding carboxylic acids is 1. The molecule has 1 saturated heterocycles. The van der Waals surface area contributed by atoms with Gasteiger partial charge in [-0.3, -0.25) is 9.78 Å². The molecular formula is C11H13ClN2O. The van der Waals surface area contributed by atoms with Crippen molar-refractivity contribution >= 4 is 23.2 Å². The van der Waals surface area contributed by atoms with E-state index in [9.17, 15) is 4.79 Å². The first-order valence-corrected chi connectivity index (χ1v) is 5.53. The molecule has 15 heavy (non-hydrogen) atoms. The van der Waals surface area contributed by atoms with Gasteiger partial charge in [-0.25, -0.2) is 0 Å². The number of aryl methyl sites for hydroxylation is 1. The number of carbonyl (C=O) groups is 1. The third kappa shape index (κ3) is 2.12. The fourth-order valence-corrected chi connectivity index (χ4v) is 2.04. The number of hydrogen-bond acceptors (Lipinski definition) is 2. The highest BCUT2D eigenvalue weighted by Crippen LogP contribution is 2.25. The molecule has 80 valence electrons. The van der Waals surface area contributed by atoms with Gasteiger partial charge in [0.15, 0.2) is 0 Å². The summed E-state index contributed by atoms with van der Waals surface area (Å²) in [6.45, 7) is 2.65. The Hall–Kier alpha value is -1.09. The SMILES string of the molecule is Cc1cc(N2CC(CCl)CC2=O)ccn1. The maximum Gasteiger partial charge on any atom is 0.227 e. The number of hydrogen-bond donors (Lipinski definition) is 0. The van der Waals surface area contributed by atoms with E-state index in [0.717, 1.165) is 17.9 Å². The highest BCUT2D eigenvalue weighted by molar-refractivity contribution is 6.18. The van der Waals surface area contributed by atoms with Crippen LogP contribution < -0.4 is 4.90 Å².